The fraction of sp³-hybridized carbons (Fsp3) is 0.500. The van der Waals surface area contributed by atoms with E-state index in [4.69, 9.17) is 0 Å². The van der Waals surface area contributed by atoms with Crippen LogP contribution in [0, 0.1) is 0 Å². The van der Waals surface area contributed by atoms with Crippen molar-refractivity contribution in [2.75, 3.05) is 7.11 Å². The maximum absolute atomic E-state index is 11.0. The first kappa shape index (κ1) is 8.77. The predicted molar refractivity (Wildman–Crippen MR) is 44.1 cm³/mol. The molecule has 4 heteroatoms. The van der Waals surface area contributed by atoms with Gasteiger partial charge in [-0.3, -0.25) is 0 Å². The molecule has 0 spiro atoms. The van der Waals surface area contributed by atoms with Crippen molar-refractivity contribution < 1.29 is 9.53 Å². The lowest BCUT2D eigenvalue weighted by Gasteiger charge is -1.97. The normalized spacial score (nSPS) is 10.3. The Morgan fingerprint density at radius 2 is 2.33 bits per heavy atom. The van der Waals surface area contributed by atoms with Gasteiger partial charge in [-0.2, -0.15) is 0 Å². The average molecular weight is 168 g/mol. The van der Waals surface area contributed by atoms with Gasteiger partial charge >= 0.3 is 6.09 Å². The Kier molecular flexibility index (Phi) is 2.47. The van der Waals surface area contributed by atoms with Crippen molar-refractivity contribution in [2.24, 2.45) is 0 Å². The van der Waals surface area contributed by atoms with E-state index in [2.05, 4.69) is 9.72 Å². The molecule has 12 heavy (non-hydrogen) atoms. The summed E-state index contributed by atoms with van der Waals surface area (Å²) in [5.41, 5.74) is 0.889. The Balaban J connectivity index is 2.84. The summed E-state index contributed by atoms with van der Waals surface area (Å²) in [5.74, 6) is 0.330. The van der Waals surface area contributed by atoms with Gasteiger partial charge in [0.15, 0.2) is 0 Å². The third-order valence-corrected chi connectivity index (χ3v) is 1.58. The second-order valence-corrected chi connectivity index (χ2v) is 2.83. The SMILES string of the molecule is COC(=O)n1cnc(C(C)C)c1. The molecule has 1 aromatic rings. The number of imidazole rings is 1. The van der Waals surface area contributed by atoms with Crippen molar-refractivity contribution in [3.63, 3.8) is 0 Å². The Morgan fingerprint density at radius 3 is 2.75 bits per heavy atom. The van der Waals surface area contributed by atoms with E-state index in [9.17, 15) is 4.79 Å². The van der Waals surface area contributed by atoms with Gasteiger partial charge in [0.2, 0.25) is 0 Å². The number of carbonyl (C=O) groups excluding carboxylic acids is 1. The van der Waals surface area contributed by atoms with Crippen molar-refractivity contribution in [1.82, 2.24) is 9.55 Å². The fourth-order valence-corrected chi connectivity index (χ4v) is 0.841. The van der Waals surface area contributed by atoms with E-state index in [1.54, 1.807) is 6.20 Å². The van der Waals surface area contributed by atoms with Crippen LogP contribution in [-0.2, 0) is 4.74 Å². The predicted octanol–water partition coefficient (Wildman–Crippen LogP) is 1.62. The van der Waals surface area contributed by atoms with Gasteiger partial charge in [0, 0.05) is 6.20 Å². The van der Waals surface area contributed by atoms with Crippen LogP contribution in [0.3, 0.4) is 0 Å². The van der Waals surface area contributed by atoms with Gasteiger partial charge in [-0.15, -0.1) is 0 Å². The zero-order valence-corrected chi connectivity index (χ0v) is 7.44. The quantitative estimate of drug-likeness (QED) is 0.640. The molecule has 0 aliphatic heterocycles. The number of hydrogen-bond acceptors (Lipinski definition) is 3. The molecule has 0 saturated carbocycles. The summed E-state index contributed by atoms with van der Waals surface area (Å²) in [6.07, 6.45) is 2.73. The van der Waals surface area contributed by atoms with Gasteiger partial charge in [0.05, 0.1) is 12.8 Å². The lowest BCUT2D eigenvalue weighted by molar-refractivity contribution is 0.173. The van der Waals surface area contributed by atoms with Crippen LogP contribution in [0.5, 0.6) is 0 Å². The molecular formula is C8H12N2O2. The van der Waals surface area contributed by atoms with Crippen molar-refractivity contribution >= 4 is 6.09 Å². The second kappa shape index (κ2) is 3.38. The molecule has 0 unspecified atom stereocenters. The molecule has 0 fully saturated rings. The summed E-state index contributed by atoms with van der Waals surface area (Å²) in [7, 11) is 1.34. The van der Waals surface area contributed by atoms with Crippen LogP contribution in [-0.4, -0.2) is 22.8 Å². The van der Waals surface area contributed by atoms with Crippen LogP contribution in [0.4, 0.5) is 4.79 Å². The van der Waals surface area contributed by atoms with Gasteiger partial charge in [0.25, 0.3) is 0 Å². The van der Waals surface area contributed by atoms with Gasteiger partial charge in [-0.25, -0.2) is 14.3 Å². The number of ether oxygens (including phenoxy) is 1. The smallest absolute Gasteiger partial charge is 0.418 e. The standard InChI is InChI=1S/C8H12N2O2/c1-6(2)7-4-10(5-9-7)8(11)12-3/h4-6H,1-3H3. The van der Waals surface area contributed by atoms with Gasteiger partial charge in [-0.1, -0.05) is 13.8 Å². The zero-order valence-electron chi connectivity index (χ0n) is 7.44. The van der Waals surface area contributed by atoms with Crippen molar-refractivity contribution in [1.29, 1.82) is 0 Å². The van der Waals surface area contributed by atoms with E-state index in [0.29, 0.717) is 5.92 Å². The monoisotopic (exact) mass is 168 g/mol. The minimum absolute atomic E-state index is 0.330. The second-order valence-electron chi connectivity index (χ2n) is 2.83. The molecule has 0 aliphatic rings. The summed E-state index contributed by atoms with van der Waals surface area (Å²) < 4.78 is 5.84. The minimum Gasteiger partial charge on any atom is -0.452 e. The molecule has 0 radical (unpaired) electrons. The van der Waals surface area contributed by atoms with Crippen LogP contribution in [0.2, 0.25) is 0 Å². The van der Waals surface area contributed by atoms with E-state index < -0.39 is 6.09 Å². The molecule has 66 valence electrons. The molecule has 0 N–H and O–H groups in total. The molecule has 0 aliphatic carbocycles. The van der Waals surface area contributed by atoms with Crippen LogP contribution >= 0.6 is 0 Å². The van der Waals surface area contributed by atoms with E-state index in [1.807, 2.05) is 13.8 Å². The molecule has 0 aromatic carbocycles. The number of carbonyl (C=O) groups is 1. The Labute approximate surface area is 71.2 Å². The molecule has 0 amide bonds. The summed E-state index contributed by atoms with van der Waals surface area (Å²) in [6, 6.07) is 0. The average Bonchev–Trinajstić information content (AvgIpc) is 2.51. The first-order valence-electron chi connectivity index (χ1n) is 3.77. The molecule has 0 bridgehead atoms. The molecule has 0 atom stereocenters. The van der Waals surface area contributed by atoms with E-state index >= 15 is 0 Å². The maximum Gasteiger partial charge on any atom is 0.418 e. The molecule has 0 saturated heterocycles. The Morgan fingerprint density at radius 1 is 1.67 bits per heavy atom. The van der Waals surface area contributed by atoms with E-state index in [1.165, 1.54) is 18.0 Å². The first-order chi connectivity index (χ1) is 5.65. The highest BCUT2D eigenvalue weighted by atomic mass is 16.5. The maximum atomic E-state index is 11.0. The molecule has 1 heterocycles. The number of nitrogens with zero attached hydrogens (tertiary/aromatic N) is 2. The zero-order chi connectivity index (χ0) is 9.14. The molecule has 4 nitrogen and oxygen atoms in total. The van der Waals surface area contributed by atoms with Crippen molar-refractivity contribution in [3.05, 3.63) is 18.2 Å². The van der Waals surface area contributed by atoms with Crippen LogP contribution in [0.15, 0.2) is 12.5 Å². The van der Waals surface area contributed by atoms with Gasteiger partial charge in [-0.05, 0) is 5.92 Å². The highest BCUT2D eigenvalue weighted by Gasteiger charge is 2.07. The van der Waals surface area contributed by atoms with E-state index in [-0.39, 0.29) is 0 Å². The lowest BCUT2D eigenvalue weighted by atomic mass is 10.2. The Hall–Kier alpha value is -1.32. The minimum atomic E-state index is -0.408. The number of rotatable bonds is 1. The third-order valence-electron chi connectivity index (χ3n) is 1.58. The van der Waals surface area contributed by atoms with Crippen molar-refractivity contribution in [2.45, 2.75) is 19.8 Å². The number of aromatic nitrogens is 2. The lowest BCUT2D eigenvalue weighted by Crippen LogP contribution is -2.08. The Bertz CT molecular complexity index is 278. The van der Waals surface area contributed by atoms with Crippen molar-refractivity contribution in [3.8, 4) is 0 Å². The third kappa shape index (κ3) is 1.64. The molecule has 1 rings (SSSR count). The summed E-state index contributed by atoms with van der Waals surface area (Å²) in [5, 5.41) is 0. The number of methoxy groups -OCH3 is 1. The highest BCUT2D eigenvalue weighted by molar-refractivity contribution is 5.69. The topological polar surface area (TPSA) is 44.1 Å². The fourth-order valence-electron chi connectivity index (χ4n) is 0.841. The van der Waals surface area contributed by atoms with Crippen LogP contribution in [0.1, 0.15) is 25.5 Å². The van der Waals surface area contributed by atoms with Gasteiger partial charge in [0.1, 0.15) is 6.33 Å². The highest BCUT2D eigenvalue weighted by Crippen LogP contribution is 2.10. The van der Waals surface area contributed by atoms with E-state index in [0.717, 1.165) is 5.69 Å². The first-order valence-corrected chi connectivity index (χ1v) is 3.77. The molecular weight excluding hydrogens is 156 g/mol. The van der Waals surface area contributed by atoms with Gasteiger partial charge < -0.3 is 4.74 Å². The summed E-state index contributed by atoms with van der Waals surface area (Å²) in [6.45, 7) is 4.04. The largest absolute Gasteiger partial charge is 0.452 e. The number of hydrogen-bond donors (Lipinski definition) is 0. The summed E-state index contributed by atoms with van der Waals surface area (Å²) >= 11 is 0. The summed E-state index contributed by atoms with van der Waals surface area (Å²) in [4.78, 5) is 15.0. The molecule has 1 aromatic heterocycles. The van der Waals surface area contributed by atoms with Crippen LogP contribution in [0.25, 0.3) is 0 Å². The van der Waals surface area contributed by atoms with Crippen LogP contribution < -0.4 is 0 Å².